The maximum atomic E-state index is 12.4. The van der Waals surface area contributed by atoms with Crippen LogP contribution in [0.5, 0.6) is 0 Å². The van der Waals surface area contributed by atoms with Crippen LogP contribution in [0.15, 0.2) is 4.52 Å². The average Bonchev–Trinajstić information content (AvgIpc) is 2.29. The Morgan fingerprint density at radius 3 is 1.53 bits per heavy atom. The summed E-state index contributed by atoms with van der Waals surface area (Å²) in [5.74, 6) is 0. The Balaban J connectivity index is 5.28. The van der Waals surface area contributed by atoms with Gasteiger partial charge in [-0.2, -0.15) is 4.52 Å². The lowest BCUT2D eigenvalue weighted by Crippen LogP contribution is -1.99. The van der Waals surface area contributed by atoms with Crippen LogP contribution < -0.4 is 0 Å². The van der Waals surface area contributed by atoms with Gasteiger partial charge in [0.25, 0.3) is 0 Å². The van der Waals surface area contributed by atoms with Gasteiger partial charge in [0.15, 0.2) is 0 Å². The first-order chi connectivity index (χ1) is 8.01. The number of rotatable bonds is 9. The van der Waals surface area contributed by atoms with Crippen LogP contribution in [0, 0.1) is 0 Å². The van der Waals surface area contributed by atoms with Crippen molar-refractivity contribution in [2.75, 3.05) is 32.1 Å². The molecule has 0 fully saturated rings. The third-order valence-electron chi connectivity index (χ3n) is 2.21. The molecule has 0 saturated heterocycles. The van der Waals surface area contributed by atoms with Crippen molar-refractivity contribution >= 4 is 15.0 Å². The van der Waals surface area contributed by atoms with Crippen LogP contribution in [-0.2, 0) is 18.1 Å². The second-order valence-corrected chi connectivity index (χ2v) is 8.67. The second kappa shape index (κ2) is 8.44. The first-order valence-electron chi connectivity index (χ1n) is 6.16. The largest absolute Gasteiger partial charge is 0.454 e. The summed E-state index contributed by atoms with van der Waals surface area (Å²) in [6.45, 7) is 10.7. The first kappa shape index (κ1) is 17.3. The molecule has 0 spiro atoms. The molecule has 0 aromatic carbocycles. The van der Waals surface area contributed by atoms with E-state index in [2.05, 4.69) is 4.52 Å². The first-order valence-corrected chi connectivity index (χ1v) is 9.69. The Hall–Kier alpha value is 0.340. The summed E-state index contributed by atoms with van der Waals surface area (Å²) in [7, 11) is -5.38. The van der Waals surface area contributed by atoms with Gasteiger partial charge >= 0.3 is 7.75 Å². The molecule has 0 aromatic rings. The maximum Gasteiger partial charge on any atom is 0.454 e. The van der Waals surface area contributed by atoms with E-state index in [1.165, 1.54) is 0 Å². The van der Waals surface area contributed by atoms with Crippen molar-refractivity contribution in [1.82, 2.24) is 0 Å². The standard InChI is InChI=1S/C10H25NO4P2/c1-6-13-16(9-4,10-5)11-17(12,14-7-2)15-8-3/h6-10H2,1-5H3. The van der Waals surface area contributed by atoms with E-state index in [0.29, 0.717) is 19.8 Å². The van der Waals surface area contributed by atoms with E-state index in [-0.39, 0.29) is 0 Å². The molecule has 0 rings (SSSR count). The van der Waals surface area contributed by atoms with E-state index < -0.39 is 15.0 Å². The summed E-state index contributed by atoms with van der Waals surface area (Å²) in [5.41, 5.74) is 0. The molecule has 0 saturated carbocycles. The summed E-state index contributed by atoms with van der Waals surface area (Å²) in [4.78, 5) is 0. The van der Waals surface area contributed by atoms with Crippen molar-refractivity contribution < 1.29 is 18.1 Å². The van der Waals surface area contributed by atoms with Crippen LogP contribution in [0.2, 0.25) is 0 Å². The minimum atomic E-state index is -3.35. The molecule has 0 aromatic heterocycles. The molecule has 0 amide bonds. The van der Waals surface area contributed by atoms with E-state index in [9.17, 15) is 4.57 Å². The number of hydrogen-bond donors (Lipinski definition) is 0. The van der Waals surface area contributed by atoms with Gasteiger partial charge in [0, 0.05) is 18.9 Å². The lowest BCUT2D eigenvalue weighted by Gasteiger charge is -2.23. The summed E-state index contributed by atoms with van der Waals surface area (Å²) < 4.78 is 32.8. The molecule has 104 valence electrons. The van der Waals surface area contributed by atoms with Crippen molar-refractivity contribution in [3.63, 3.8) is 0 Å². The molecule has 5 nitrogen and oxygen atoms in total. The molecule has 0 bridgehead atoms. The topological polar surface area (TPSA) is 57.1 Å². The molecule has 17 heavy (non-hydrogen) atoms. The fourth-order valence-corrected chi connectivity index (χ4v) is 6.66. The number of nitrogens with zero attached hydrogens (tertiary/aromatic N) is 1. The molecule has 0 radical (unpaired) electrons. The quantitative estimate of drug-likeness (QED) is 0.590. The highest BCUT2D eigenvalue weighted by molar-refractivity contribution is 7.69. The van der Waals surface area contributed by atoms with Gasteiger partial charge in [-0.1, -0.05) is 13.8 Å². The van der Waals surface area contributed by atoms with Gasteiger partial charge in [-0.15, -0.1) is 0 Å². The predicted octanol–water partition coefficient (Wildman–Crippen LogP) is 4.36. The highest BCUT2D eigenvalue weighted by Gasteiger charge is 2.28. The van der Waals surface area contributed by atoms with Crippen LogP contribution >= 0.6 is 15.0 Å². The summed E-state index contributed by atoms with van der Waals surface area (Å²) in [6, 6.07) is 0. The lowest BCUT2D eigenvalue weighted by molar-refractivity contribution is 0.221. The van der Waals surface area contributed by atoms with Crippen LogP contribution in [0.3, 0.4) is 0 Å². The Morgan fingerprint density at radius 1 is 0.824 bits per heavy atom. The third kappa shape index (κ3) is 5.67. The van der Waals surface area contributed by atoms with Gasteiger partial charge in [-0.3, -0.25) is 9.05 Å². The monoisotopic (exact) mass is 285 g/mol. The average molecular weight is 285 g/mol. The molecule has 0 heterocycles. The van der Waals surface area contributed by atoms with Gasteiger partial charge in [0.05, 0.1) is 20.5 Å². The Labute approximate surface area is 105 Å². The van der Waals surface area contributed by atoms with Crippen LogP contribution in [0.1, 0.15) is 34.6 Å². The van der Waals surface area contributed by atoms with E-state index in [1.54, 1.807) is 13.8 Å². The van der Waals surface area contributed by atoms with E-state index >= 15 is 0 Å². The lowest BCUT2D eigenvalue weighted by atomic mass is 10.9. The van der Waals surface area contributed by atoms with Gasteiger partial charge in [-0.05, 0) is 20.8 Å². The van der Waals surface area contributed by atoms with Gasteiger partial charge in [0.2, 0.25) is 0 Å². The Kier molecular flexibility index (Phi) is 8.61. The normalized spacial score (nSPS) is 12.8. The Bertz CT molecular complexity index is 289. The predicted molar refractivity (Wildman–Crippen MR) is 72.9 cm³/mol. The Morgan fingerprint density at radius 2 is 1.24 bits per heavy atom. The third-order valence-corrected chi connectivity index (χ3v) is 8.28. The molecule has 7 heteroatoms. The molecule has 0 aliphatic rings. The fourth-order valence-electron chi connectivity index (χ4n) is 1.41. The van der Waals surface area contributed by atoms with Crippen molar-refractivity contribution in [2.24, 2.45) is 4.52 Å². The van der Waals surface area contributed by atoms with Crippen LogP contribution in [0.25, 0.3) is 0 Å². The maximum absolute atomic E-state index is 12.4. The highest BCUT2D eigenvalue weighted by Crippen LogP contribution is 2.63. The minimum Gasteiger partial charge on any atom is -0.344 e. The molecule has 0 unspecified atom stereocenters. The van der Waals surface area contributed by atoms with Crippen molar-refractivity contribution in [2.45, 2.75) is 34.6 Å². The van der Waals surface area contributed by atoms with E-state index in [4.69, 9.17) is 13.6 Å². The van der Waals surface area contributed by atoms with E-state index in [0.717, 1.165) is 12.3 Å². The molecule has 0 atom stereocenters. The van der Waals surface area contributed by atoms with Crippen LogP contribution in [-0.4, -0.2) is 32.1 Å². The van der Waals surface area contributed by atoms with Crippen molar-refractivity contribution in [3.8, 4) is 0 Å². The zero-order chi connectivity index (χ0) is 13.4. The SMILES string of the molecule is CCOP(=O)(N=P(CC)(CC)OCC)OCC. The summed E-state index contributed by atoms with van der Waals surface area (Å²) in [5, 5.41) is 0. The molecule has 0 aliphatic heterocycles. The van der Waals surface area contributed by atoms with Crippen molar-refractivity contribution in [1.29, 1.82) is 0 Å². The molecule has 0 aliphatic carbocycles. The fraction of sp³-hybridized carbons (Fsp3) is 1.00. The van der Waals surface area contributed by atoms with Crippen molar-refractivity contribution in [3.05, 3.63) is 0 Å². The van der Waals surface area contributed by atoms with E-state index in [1.807, 2.05) is 20.8 Å². The highest BCUT2D eigenvalue weighted by atomic mass is 31.2. The molecule has 0 N–H and O–H groups in total. The summed E-state index contributed by atoms with van der Waals surface area (Å²) in [6.07, 6.45) is 1.50. The van der Waals surface area contributed by atoms with Gasteiger partial charge in [-0.25, -0.2) is 4.57 Å². The second-order valence-electron chi connectivity index (χ2n) is 3.29. The zero-order valence-electron chi connectivity index (χ0n) is 11.5. The van der Waals surface area contributed by atoms with Crippen LogP contribution in [0.4, 0.5) is 0 Å². The van der Waals surface area contributed by atoms with Gasteiger partial charge < -0.3 is 4.52 Å². The number of hydrogen-bond acceptors (Lipinski definition) is 4. The molecular formula is C10H25NO4P2. The zero-order valence-corrected chi connectivity index (χ0v) is 13.3. The van der Waals surface area contributed by atoms with Gasteiger partial charge in [0.1, 0.15) is 0 Å². The smallest absolute Gasteiger partial charge is 0.344 e. The molecular weight excluding hydrogens is 260 g/mol. The minimum absolute atomic E-state index is 0.320. The summed E-state index contributed by atoms with van der Waals surface area (Å²) >= 11 is 0.